The number of hydrogen-bond donors (Lipinski definition) is 3. The molecule has 1 heterocycles. The van der Waals surface area contributed by atoms with Crippen molar-refractivity contribution >= 4 is 17.8 Å². The van der Waals surface area contributed by atoms with Crippen molar-refractivity contribution in [2.24, 2.45) is 0 Å². The summed E-state index contributed by atoms with van der Waals surface area (Å²) in [6.07, 6.45) is 8.59. The molecule has 0 aliphatic heterocycles. The Kier molecular flexibility index (Phi) is 6.64. The quantitative estimate of drug-likeness (QED) is 0.524. The van der Waals surface area contributed by atoms with E-state index in [0.29, 0.717) is 17.9 Å². The third kappa shape index (κ3) is 6.01. The Labute approximate surface area is 133 Å². The van der Waals surface area contributed by atoms with Gasteiger partial charge in [-0.1, -0.05) is 25.7 Å². The zero-order valence-corrected chi connectivity index (χ0v) is 13.8. The van der Waals surface area contributed by atoms with Crippen molar-refractivity contribution in [1.29, 1.82) is 0 Å². The molecule has 0 unspecified atom stereocenters. The summed E-state index contributed by atoms with van der Waals surface area (Å²) < 4.78 is 0. The lowest BCUT2D eigenvalue weighted by Crippen LogP contribution is -2.21. The van der Waals surface area contributed by atoms with Gasteiger partial charge in [0.25, 0.3) is 0 Å². The fraction of sp³-hybridized carbons (Fsp3) is 0.800. The number of nitrogen functional groups attached to an aromatic ring is 1. The Morgan fingerprint density at radius 1 is 1.05 bits per heavy atom. The minimum absolute atomic E-state index is 0.265. The van der Waals surface area contributed by atoms with Gasteiger partial charge in [-0.2, -0.15) is 15.0 Å². The molecule has 1 fully saturated rings. The highest BCUT2D eigenvalue weighted by Crippen LogP contribution is 2.20. The Morgan fingerprint density at radius 3 is 2.41 bits per heavy atom. The normalized spacial score (nSPS) is 16.5. The predicted octanol–water partition coefficient (Wildman–Crippen LogP) is 1.95. The van der Waals surface area contributed by atoms with Crippen molar-refractivity contribution in [1.82, 2.24) is 19.9 Å². The van der Waals surface area contributed by atoms with E-state index in [4.69, 9.17) is 5.73 Å². The lowest BCUT2D eigenvalue weighted by molar-refractivity contribution is 0.405. The summed E-state index contributed by atoms with van der Waals surface area (Å²) in [5, 5.41) is 6.64. The van der Waals surface area contributed by atoms with Crippen molar-refractivity contribution in [2.45, 2.75) is 51.0 Å². The van der Waals surface area contributed by atoms with Crippen molar-refractivity contribution in [2.75, 3.05) is 43.6 Å². The summed E-state index contributed by atoms with van der Waals surface area (Å²) in [4.78, 5) is 15.0. The number of rotatable bonds is 7. The standard InChI is InChI=1S/C15H29N7/c1-22(2)11-7-10-17-14-19-13(16)20-15(21-14)18-12-8-5-3-4-6-9-12/h12H,3-11H2,1-2H3,(H4,16,17,18,19,20,21). The molecule has 0 saturated heterocycles. The molecule has 124 valence electrons. The van der Waals surface area contributed by atoms with Gasteiger partial charge >= 0.3 is 0 Å². The van der Waals surface area contributed by atoms with Crippen molar-refractivity contribution in [3.05, 3.63) is 0 Å². The number of anilines is 3. The lowest BCUT2D eigenvalue weighted by atomic mass is 10.1. The van der Waals surface area contributed by atoms with Crippen LogP contribution in [0.1, 0.15) is 44.9 Å². The fourth-order valence-corrected chi connectivity index (χ4v) is 2.74. The minimum Gasteiger partial charge on any atom is -0.368 e. The zero-order valence-electron chi connectivity index (χ0n) is 13.8. The highest BCUT2D eigenvalue weighted by Gasteiger charge is 2.14. The van der Waals surface area contributed by atoms with Crippen LogP contribution in [0.5, 0.6) is 0 Å². The summed E-state index contributed by atoms with van der Waals surface area (Å²) >= 11 is 0. The van der Waals surface area contributed by atoms with E-state index in [1.807, 2.05) is 0 Å². The molecule has 1 aliphatic rings. The Bertz CT molecular complexity index is 442. The molecular weight excluding hydrogens is 278 g/mol. The van der Waals surface area contributed by atoms with Crippen LogP contribution in [0.4, 0.5) is 17.8 Å². The predicted molar refractivity (Wildman–Crippen MR) is 91.0 cm³/mol. The summed E-state index contributed by atoms with van der Waals surface area (Å²) in [6.45, 7) is 1.85. The molecule has 1 saturated carbocycles. The second-order valence-electron chi connectivity index (χ2n) is 6.26. The van der Waals surface area contributed by atoms with Crippen LogP contribution in [-0.4, -0.2) is 53.1 Å². The Hall–Kier alpha value is -1.63. The number of nitrogens with zero attached hydrogens (tertiary/aromatic N) is 4. The SMILES string of the molecule is CN(C)CCCNc1nc(N)nc(NC2CCCCCC2)n1. The van der Waals surface area contributed by atoms with Gasteiger partial charge in [0.1, 0.15) is 0 Å². The van der Waals surface area contributed by atoms with E-state index in [9.17, 15) is 0 Å². The molecule has 0 spiro atoms. The van der Waals surface area contributed by atoms with E-state index in [1.165, 1.54) is 38.5 Å². The van der Waals surface area contributed by atoms with Gasteiger partial charge in [-0.3, -0.25) is 0 Å². The Balaban J connectivity index is 1.88. The highest BCUT2D eigenvalue weighted by atomic mass is 15.2. The van der Waals surface area contributed by atoms with Gasteiger partial charge in [-0.25, -0.2) is 0 Å². The second kappa shape index (κ2) is 8.73. The first-order valence-electron chi connectivity index (χ1n) is 8.30. The number of aromatic nitrogens is 3. The van der Waals surface area contributed by atoms with E-state index in [1.54, 1.807) is 0 Å². The van der Waals surface area contributed by atoms with Crippen LogP contribution in [0.25, 0.3) is 0 Å². The summed E-state index contributed by atoms with van der Waals surface area (Å²) in [7, 11) is 4.13. The molecule has 0 atom stereocenters. The van der Waals surface area contributed by atoms with Crippen LogP contribution in [-0.2, 0) is 0 Å². The number of nitrogens with two attached hydrogens (primary N) is 1. The maximum atomic E-state index is 5.80. The van der Waals surface area contributed by atoms with E-state index in [0.717, 1.165) is 19.5 Å². The van der Waals surface area contributed by atoms with Crippen LogP contribution in [0.15, 0.2) is 0 Å². The second-order valence-corrected chi connectivity index (χ2v) is 6.26. The average molecular weight is 307 g/mol. The Morgan fingerprint density at radius 2 is 1.73 bits per heavy atom. The highest BCUT2D eigenvalue weighted by molar-refractivity contribution is 5.40. The van der Waals surface area contributed by atoms with Gasteiger partial charge in [0, 0.05) is 12.6 Å². The van der Waals surface area contributed by atoms with Gasteiger partial charge < -0.3 is 21.3 Å². The first-order chi connectivity index (χ1) is 10.6. The summed E-state index contributed by atoms with van der Waals surface area (Å²) in [5.74, 6) is 1.41. The number of hydrogen-bond acceptors (Lipinski definition) is 7. The summed E-state index contributed by atoms with van der Waals surface area (Å²) in [6, 6.07) is 0.450. The molecular formula is C15H29N7. The topological polar surface area (TPSA) is 92.0 Å². The van der Waals surface area contributed by atoms with Crippen LogP contribution in [0, 0.1) is 0 Å². The molecule has 7 nitrogen and oxygen atoms in total. The van der Waals surface area contributed by atoms with Crippen molar-refractivity contribution in [3.63, 3.8) is 0 Å². The van der Waals surface area contributed by atoms with Crippen molar-refractivity contribution in [3.8, 4) is 0 Å². The van der Waals surface area contributed by atoms with Gasteiger partial charge in [-0.15, -0.1) is 0 Å². The molecule has 7 heteroatoms. The molecule has 0 bridgehead atoms. The molecule has 1 aromatic heterocycles. The maximum absolute atomic E-state index is 5.80. The third-order valence-electron chi connectivity index (χ3n) is 3.91. The van der Waals surface area contributed by atoms with Crippen molar-refractivity contribution < 1.29 is 0 Å². The fourth-order valence-electron chi connectivity index (χ4n) is 2.74. The maximum Gasteiger partial charge on any atom is 0.229 e. The first kappa shape index (κ1) is 16.7. The molecule has 0 amide bonds. The van der Waals surface area contributed by atoms with Gasteiger partial charge in [0.15, 0.2) is 0 Å². The summed E-state index contributed by atoms with van der Waals surface area (Å²) in [5.41, 5.74) is 5.80. The van der Waals surface area contributed by atoms with Crippen LogP contribution in [0.2, 0.25) is 0 Å². The molecule has 2 rings (SSSR count). The van der Waals surface area contributed by atoms with Crippen LogP contribution >= 0.6 is 0 Å². The van der Waals surface area contributed by atoms with E-state index < -0.39 is 0 Å². The lowest BCUT2D eigenvalue weighted by Gasteiger charge is -2.16. The molecule has 22 heavy (non-hydrogen) atoms. The molecule has 0 radical (unpaired) electrons. The van der Waals surface area contributed by atoms with Crippen LogP contribution < -0.4 is 16.4 Å². The zero-order chi connectivity index (χ0) is 15.8. The van der Waals surface area contributed by atoms with Gasteiger partial charge in [-0.05, 0) is 39.9 Å². The van der Waals surface area contributed by atoms with Crippen LogP contribution in [0.3, 0.4) is 0 Å². The first-order valence-corrected chi connectivity index (χ1v) is 8.30. The largest absolute Gasteiger partial charge is 0.368 e. The van der Waals surface area contributed by atoms with E-state index >= 15 is 0 Å². The molecule has 1 aliphatic carbocycles. The minimum atomic E-state index is 0.265. The van der Waals surface area contributed by atoms with Gasteiger partial charge in [0.05, 0.1) is 0 Å². The monoisotopic (exact) mass is 307 g/mol. The third-order valence-corrected chi connectivity index (χ3v) is 3.91. The number of nitrogens with one attached hydrogen (secondary N) is 2. The van der Waals surface area contributed by atoms with E-state index in [-0.39, 0.29) is 5.95 Å². The van der Waals surface area contributed by atoms with E-state index in [2.05, 4.69) is 44.6 Å². The smallest absolute Gasteiger partial charge is 0.229 e. The molecule has 4 N–H and O–H groups in total. The van der Waals surface area contributed by atoms with Gasteiger partial charge in [0.2, 0.25) is 17.8 Å². The molecule has 1 aromatic rings. The average Bonchev–Trinajstić information content (AvgIpc) is 2.71. The molecule has 0 aromatic carbocycles.